The number of piperidine rings is 1. The Hall–Kier alpha value is -1.49. The normalized spacial score (nSPS) is 25.9. The van der Waals surface area contributed by atoms with Crippen LogP contribution in [0.5, 0.6) is 0 Å². The molecule has 0 aromatic heterocycles. The van der Waals surface area contributed by atoms with Crippen molar-refractivity contribution in [2.24, 2.45) is 0 Å². The van der Waals surface area contributed by atoms with Crippen molar-refractivity contribution in [2.45, 2.75) is 43.9 Å². The number of nitrogens with zero attached hydrogens (tertiary/aromatic N) is 1. The van der Waals surface area contributed by atoms with Gasteiger partial charge in [0.25, 0.3) is 6.43 Å². The number of likely N-dealkylation sites (tertiary alicyclic amines) is 1. The van der Waals surface area contributed by atoms with Crippen molar-refractivity contribution in [3.63, 3.8) is 0 Å². The molecule has 1 fully saturated rings. The van der Waals surface area contributed by atoms with Crippen LogP contribution in [0.2, 0.25) is 5.02 Å². The Labute approximate surface area is 152 Å². The van der Waals surface area contributed by atoms with Crippen LogP contribution in [0.1, 0.15) is 36.9 Å². The molecule has 0 unspecified atom stereocenters. The van der Waals surface area contributed by atoms with Gasteiger partial charge in [0.05, 0.1) is 11.6 Å². The van der Waals surface area contributed by atoms with Gasteiger partial charge < -0.3 is 5.11 Å². The molecule has 3 rings (SSSR count). The van der Waals surface area contributed by atoms with Crippen LogP contribution in [-0.2, 0) is 5.60 Å². The molecule has 3 atom stereocenters. The molecule has 0 aliphatic carbocycles. The molecular weight excluding hydrogens is 344 g/mol. The molecule has 1 N–H and O–H groups in total. The number of aliphatic hydroxyl groups is 1. The van der Waals surface area contributed by atoms with Crippen molar-refractivity contribution in [3.05, 3.63) is 70.7 Å². The van der Waals surface area contributed by atoms with Gasteiger partial charge in [-0.3, -0.25) is 4.90 Å². The van der Waals surface area contributed by atoms with Crippen molar-refractivity contribution in [1.82, 2.24) is 4.90 Å². The molecule has 2 aromatic carbocycles. The van der Waals surface area contributed by atoms with Gasteiger partial charge in [0.2, 0.25) is 0 Å². The maximum absolute atomic E-state index is 13.8. The third kappa shape index (κ3) is 3.86. The maximum Gasteiger partial charge on any atom is 0.254 e. The van der Waals surface area contributed by atoms with Crippen molar-refractivity contribution in [1.29, 1.82) is 0 Å². The molecule has 1 heterocycles. The number of rotatable bonds is 4. The second-order valence-electron chi connectivity index (χ2n) is 6.72. The summed E-state index contributed by atoms with van der Waals surface area (Å²) < 4.78 is 27.6. The second-order valence-corrected chi connectivity index (χ2v) is 7.16. The molecule has 1 aliphatic heterocycles. The van der Waals surface area contributed by atoms with Gasteiger partial charge in [0, 0.05) is 24.0 Å². The molecule has 0 bridgehead atoms. The Kier molecular flexibility index (Phi) is 5.42. The van der Waals surface area contributed by atoms with E-state index in [1.807, 2.05) is 42.2 Å². The third-order valence-corrected chi connectivity index (χ3v) is 5.46. The lowest BCUT2D eigenvalue weighted by Crippen LogP contribution is -2.52. The van der Waals surface area contributed by atoms with E-state index in [1.54, 1.807) is 24.3 Å². The van der Waals surface area contributed by atoms with Crippen LogP contribution < -0.4 is 0 Å². The first-order valence-electron chi connectivity index (χ1n) is 8.48. The molecule has 2 aromatic rings. The summed E-state index contributed by atoms with van der Waals surface area (Å²) in [6.07, 6.45) is -2.11. The topological polar surface area (TPSA) is 23.5 Å². The lowest BCUT2D eigenvalue weighted by molar-refractivity contribution is -0.103. The zero-order valence-corrected chi connectivity index (χ0v) is 14.8. The fourth-order valence-electron chi connectivity index (χ4n) is 3.71. The van der Waals surface area contributed by atoms with Gasteiger partial charge in [-0.15, -0.1) is 0 Å². The lowest BCUT2D eigenvalue weighted by atomic mass is 9.80. The first-order valence-corrected chi connectivity index (χ1v) is 8.86. The molecule has 5 heteroatoms. The van der Waals surface area contributed by atoms with Crippen LogP contribution >= 0.6 is 11.6 Å². The van der Waals surface area contributed by atoms with E-state index in [1.165, 1.54) is 0 Å². The van der Waals surface area contributed by atoms with E-state index in [-0.39, 0.29) is 12.5 Å². The predicted molar refractivity (Wildman–Crippen MR) is 95.9 cm³/mol. The smallest absolute Gasteiger partial charge is 0.254 e. The van der Waals surface area contributed by atoms with E-state index in [4.69, 9.17) is 11.6 Å². The highest BCUT2D eigenvalue weighted by Gasteiger charge is 2.44. The molecule has 134 valence electrons. The molecule has 25 heavy (non-hydrogen) atoms. The number of benzene rings is 2. The molecule has 1 aliphatic rings. The highest BCUT2D eigenvalue weighted by molar-refractivity contribution is 6.30. The summed E-state index contributed by atoms with van der Waals surface area (Å²) in [7, 11) is 0. The first kappa shape index (κ1) is 18.3. The average Bonchev–Trinajstić information content (AvgIpc) is 2.62. The highest BCUT2D eigenvalue weighted by Crippen LogP contribution is 2.41. The van der Waals surface area contributed by atoms with Crippen molar-refractivity contribution < 1.29 is 13.9 Å². The Morgan fingerprint density at radius 3 is 2.36 bits per heavy atom. The second kappa shape index (κ2) is 7.40. The largest absolute Gasteiger partial charge is 0.385 e. The van der Waals surface area contributed by atoms with Crippen molar-refractivity contribution in [2.75, 3.05) is 6.54 Å². The highest BCUT2D eigenvalue weighted by atomic mass is 35.5. The summed E-state index contributed by atoms with van der Waals surface area (Å²) in [5.41, 5.74) is 0.401. The molecule has 0 radical (unpaired) electrons. The average molecular weight is 366 g/mol. The van der Waals surface area contributed by atoms with Gasteiger partial charge in [-0.05, 0) is 36.6 Å². The van der Waals surface area contributed by atoms with Crippen LogP contribution in [0.25, 0.3) is 0 Å². The fourth-order valence-corrected chi connectivity index (χ4v) is 3.83. The number of halogens is 3. The Balaban J connectivity index is 1.84. The van der Waals surface area contributed by atoms with Crippen LogP contribution in [0.3, 0.4) is 0 Å². The van der Waals surface area contributed by atoms with Crippen molar-refractivity contribution in [3.8, 4) is 0 Å². The molecule has 0 saturated carbocycles. The maximum atomic E-state index is 13.8. The van der Waals surface area contributed by atoms with E-state index in [9.17, 15) is 13.9 Å². The van der Waals surface area contributed by atoms with E-state index < -0.39 is 18.1 Å². The third-order valence-electron chi connectivity index (χ3n) is 5.21. The Morgan fingerprint density at radius 2 is 1.76 bits per heavy atom. The standard InChI is InChI=1S/C20H22ClF2NO/c1-14(15-5-3-2-4-6-15)24-12-11-20(25,13-18(24)19(22)23)16-7-9-17(21)10-8-16/h2-10,14,18-19,25H,11-13H2,1H3/t14-,18-,20-/m1/s1. The van der Waals surface area contributed by atoms with Crippen molar-refractivity contribution >= 4 is 11.6 Å². The number of hydrogen-bond acceptors (Lipinski definition) is 2. The van der Waals surface area contributed by atoms with E-state index in [0.29, 0.717) is 23.6 Å². The minimum Gasteiger partial charge on any atom is -0.385 e. The minimum atomic E-state index is -2.52. The van der Waals surface area contributed by atoms with Crippen LogP contribution in [0.4, 0.5) is 8.78 Å². The van der Waals surface area contributed by atoms with Gasteiger partial charge in [-0.1, -0.05) is 54.1 Å². The molecule has 0 spiro atoms. The Morgan fingerprint density at radius 1 is 1.12 bits per heavy atom. The van der Waals surface area contributed by atoms with Gasteiger partial charge in [0.15, 0.2) is 0 Å². The van der Waals surface area contributed by atoms with E-state index in [0.717, 1.165) is 5.56 Å². The minimum absolute atomic E-state index is 0.00345. The van der Waals surface area contributed by atoms with Gasteiger partial charge >= 0.3 is 0 Å². The van der Waals surface area contributed by atoms with Gasteiger partial charge in [-0.2, -0.15) is 0 Å². The molecule has 0 amide bonds. The monoisotopic (exact) mass is 365 g/mol. The predicted octanol–water partition coefficient (Wildman–Crippen LogP) is 5.02. The zero-order chi connectivity index (χ0) is 18.0. The Bertz CT molecular complexity index is 695. The summed E-state index contributed by atoms with van der Waals surface area (Å²) in [6, 6.07) is 15.3. The first-order chi connectivity index (χ1) is 11.9. The van der Waals surface area contributed by atoms with Gasteiger partial charge in [-0.25, -0.2) is 8.78 Å². The molecule has 2 nitrogen and oxygen atoms in total. The summed E-state index contributed by atoms with van der Waals surface area (Å²) >= 11 is 5.90. The number of alkyl halides is 2. The van der Waals surface area contributed by atoms with Crippen LogP contribution in [0, 0.1) is 0 Å². The van der Waals surface area contributed by atoms with E-state index in [2.05, 4.69) is 0 Å². The summed E-state index contributed by atoms with van der Waals surface area (Å²) in [5, 5.41) is 11.6. The van der Waals surface area contributed by atoms with Crippen LogP contribution in [0.15, 0.2) is 54.6 Å². The van der Waals surface area contributed by atoms with Crippen LogP contribution in [-0.4, -0.2) is 29.0 Å². The summed E-state index contributed by atoms with van der Waals surface area (Å²) in [5.74, 6) is 0. The fraction of sp³-hybridized carbons (Fsp3) is 0.400. The molecule has 1 saturated heterocycles. The summed E-state index contributed by atoms with van der Waals surface area (Å²) in [4.78, 5) is 1.81. The zero-order valence-electron chi connectivity index (χ0n) is 14.1. The SMILES string of the molecule is C[C@H](c1ccccc1)N1CC[C@](O)(c2ccc(Cl)cc2)C[C@@H]1C(F)F. The molecular formula is C20H22ClF2NO. The summed E-state index contributed by atoms with van der Waals surface area (Å²) in [6.45, 7) is 2.35. The quantitative estimate of drug-likeness (QED) is 0.822. The number of hydrogen-bond donors (Lipinski definition) is 1. The van der Waals surface area contributed by atoms with E-state index >= 15 is 0 Å². The van der Waals surface area contributed by atoms with Gasteiger partial charge in [0.1, 0.15) is 0 Å². The lowest BCUT2D eigenvalue weighted by Gasteiger charge is -2.46.